The molecule has 0 radical (unpaired) electrons. The van der Waals surface area contributed by atoms with Crippen LogP contribution in [0.3, 0.4) is 0 Å². The van der Waals surface area contributed by atoms with Gasteiger partial charge in [0.2, 0.25) is 5.75 Å². The summed E-state index contributed by atoms with van der Waals surface area (Å²) in [5.74, 6) is -0.680. The van der Waals surface area contributed by atoms with Crippen molar-refractivity contribution in [2.45, 2.75) is 0 Å². The minimum absolute atomic E-state index is 0.0489. The smallest absolute Gasteiger partial charge is 0.331 e. The minimum Gasteiger partial charge on any atom is -0.426 e. The van der Waals surface area contributed by atoms with Gasteiger partial charge < -0.3 is 4.74 Å². The Hall–Kier alpha value is -2.45. The van der Waals surface area contributed by atoms with Crippen molar-refractivity contribution in [1.82, 2.24) is 4.98 Å². The van der Waals surface area contributed by atoms with Crippen LogP contribution in [0.15, 0.2) is 30.3 Å². The predicted molar refractivity (Wildman–Crippen MR) is 74.1 cm³/mol. The molecule has 0 N–H and O–H groups in total. The number of ether oxygens (including phenoxy) is 1. The van der Waals surface area contributed by atoms with E-state index in [0.717, 1.165) is 12.1 Å². The van der Waals surface area contributed by atoms with Crippen LogP contribution in [-0.4, -0.2) is 14.8 Å². The number of benzene rings is 1. The molecule has 108 valence electrons. The molecule has 1 aromatic carbocycles. The maximum atomic E-state index is 10.9. The molecule has 0 saturated carbocycles. The largest absolute Gasteiger partial charge is 0.426 e. The SMILES string of the molecule is O=[N+]([O-])c1cc(Cl)ccc1Oc1nc(Cl)ccc1[N+](=O)[O-]. The molecule has 0 atom stereocenters. The number of nitro benzene ring substituents is 1. The molecule has 0 spiro atoms. The molecule has 0 aliphatic rings. The summed E-state index contributed by atoms with van der Waals surface area (Å²) in [6.45, 7) is 0. The second-order valence-corrected chi connectivity index (χ2v) is 4.51. The van der Waals surface area contributed by atoms with Crippen molar-refractivity contribution in [3.8, 4) is 11.6 Å². The fraction of sp³-hybridized carbons (Fsp3) is 0. The molecule has 2 rings (SSSR count). The molecule has 10 heteroatoms. The molecule has 0 aliphatic carbocycles. The summed E-state index contributed by atoms with van der Waals surface area (Å²) in [4.78, 5) is 24.0. The lowest BCUT2D eigenvalue weighted by atomic mass is 10.3. The lowest BCUT2D eigenvalue weighted by Crippen LogP contribution is -1.98. The third kappa shape index (κ3) is 3.36. The topological polar surface area (TPSA) is 108 Å². The number of pyridine rings is 1. The van der Waals surface area contributed by atoms with E-state index < -0.39 is 27.1 Å². The third-order valence-corrected chi connectivity index (χ3v) is 2.77. The number of nitrogens with zero attached hydrogens (tertiary/aromatic N) is 3. The first-order valence-electron chi connectivity index (χ1n) is 5.31. The molecule has 0 saturated heterocycles. The van der Waals surface area contributed by atoms with Gasteiger partial charge in [0.1, 0.15) is 5.15 Å². The van der Waals surface area contributed by atoms with Crippen molar-refractivity contribution in [3.63, 3.8) is 0 Å². The highest BCUT2D eigenvalue weighted by Crippen LogP contribution is 2.36. The average Bonchev–Trinajstić information content (AvgIpc) is 2.40. The van der Waals surface area contributed by atoms with E-state index in [9.17, 15) is 20.2 Å². The molecule has 0 amide bonds. The summed E-state index contributed by atoms with van der Waals surface area (Å²) in [5, 5.41) is 21.9. The lowest BCUT2D eigenvalue weighted by molar-refractivity contribution is -0.387. The van der Waals surface area contributed by atoms with Crippen molar-refractivity contribution in [1.29, 1.82) is 0 Å². The Labute approximate surface area is 127 Å². The number of nitro groups is 2. The Kier molecular flexibility index (Phi) is 4.20. The van der Waals surface area contributed by atoms with Crippen LogP contribution in [0.2, 0.25) is 10.2 Å². The second-order valence-electron chi connectivity index (χ2n) is 3.69. The molecule has 0 fully saturated rings. The number of rotatable bonds is 4. The van der Waals surface area contributed by atoms with Crippen LogP contribution in [0.1, 0.15) is 0 Å². The van der Waals surface area contributed by atoms with Crippen LogP contribution in [0, 0.1) is 20.2 Å². The summed E-state index contributed by atoms with van der Waals surface area (Å²) < 4.78 is 5.16. The van der Waals surface area contributed by atoms with Gasteiger partial charge in [0, 0.05) is 17.2 Å². The third-order valence-electron chi connectivity index (χ3n) is 2.33. The van der Waals surface area contributed by atoms with Crippen LogP contribution in [0.25, 0.3) is 0 Å². The molecule has 0 aliphatic heterocycles. The van der Waals surface area contributed by atoms with E-state index in [4.69, 9.17) is 27.9 Å². The first-order valence-corrected chi connectivity index (χ1v) is 6.07. The van der Waals surface area contributed by atoms with Crippen LogP contribution in [0.5, 0.6) is 11.6 Å². The molecule has 1 aromatic heterocycles. The zero-order valence-corrected chi connectivity index (χ0v) is 11.5. The van der Waals surface area contributed by atoms with Gasteiger partial charge in [0.25, 0.3) is 0 Å². The van der Waals surface area contributed by atoms with E-state index in [-0.39, 0.29) is 15.9 Å². The first kappa shape index (κ1) is 14.9. The van der Waals surface area contributed by atoms with Crippen molar-refractivity contribution >= 4 is 34.6 Å². The summed E-state index contributed by atoms with van der Waals surface area (Å²) in [6, 6.07) is 5.93. The average molecular weight is 330 g/mol. The maximum Gasteiger partial charge on any atom is 0.331 e. The normalized spacial score (nSPS) is 10.2. The molecule has 0 unspecified atom stereocenters. The molecular formula is C11H5Cl2N3O5. The van der Waals surface area contributed by atoms with Crippen LogP contribution in [-0.2, 0) is 0 Å². The van der Waals surface area contributed by atoms with E-state index in [0.29, 0.717) is 0 Å². The monoisotopic (exact) mass is 329 g/mol. The van der Waals surface area contributed by atoms with Gasteiger partial charge in [-0.1, -0.05) is 23.2 Å². The molecule has 2 aromatic rings. The number of hydrogen-bond donors (Lipinski definition) is 0. The van der Waals surface area contributed by atoms with Gasteiger partial charge in [0.15, 0.2) is 0 Å². The second kappa shape index (κ2) is 5.90. The van der Waals surface area contributed by atoms with E-state index >= 15 is 0 Å². The van der Waals surface area contributed by atoms with Crippen molar-refractivity contribution in [3.05, 3.63) is 60.7 Å². The Balaban J connectivity index is 2.50. The Morgan fingerprint density at radius 2 is 1.67 bits per heavy atom. The van der Waals surface area contributed by atoms with Crippen LogP contribution in [0.4, 0.5) is 11.4 Å². The van der Waals surface area contributed by atoms with Crippen LogP contribution < -0.4 is 4.74 Å². The molecular weight excluding hydrogens is 325 g/mol. The summed E-state index contributed by atoms with van der Waals surface area (Å²) >= 11 is 11.3. The molecule has 1 heterocycles. The van der Waals surface area contributed by atoms with E-state index in [2.05, 4.69) is 4.98 Å². The maximum absolute atomic E-state index is 10.9. The van der Waals surface area contributed by atoms with Crippen molar-refractivity contribution in [2.75, 3.05) is 0 Å². The van der Waals surface area contributed by atoms with Gasteiger partial charge in [-0.2, -0.15) is 4.98 Å². The van der Waals surface area contributed by atoms with Gasteiger partial charge in [-0.3, -0.25) is 20.2 Å². The van der Waals surface area contributed by atoms with Gasteiger partial charge in [-0.15, -0.1) is 0 Å². The van der Waals surface area contributed by atoms with E-state index in [1.54, 1.807) is 0 Å². The van der Waals surface area contributed by atoms with Gasteiger partial charge in [0.05, 0.1) is 9.85 Å². The van der Waals surface area contributed by atoms with Gasteiger partial charge in [-0.25, -0.2) is 0 Å². The first-order chi connectivity index (χ1) is 9.88. The Bertz CT molecular complexity index is 738. The lowest BCUT2D eigenvalue weighted by Gasteiger charge is -2.06. The predicted octanol–water partition coefficient (Wildman–Crippen LogP) is 4.00. The van der Waals surface area contributed by atoms with E-state index in [1.165, 1.54) is 18.2 Å². The van der Waals surface area contributed by atoms with Crippen molar-refractivity contribution < 1.29 is 14.6 Å². The van der Waals surface area contributed by atoms with Gasteiger partial charge in [-0.05, 0) is 18.2 Å². The highest BCUT2D eigenvalue weighted by molar-refractivity contribution is 6.30. The Morgan fingerprint density at radius 1 is 1.00 bits per heavy atom. The standard InChI is InChI=1S/C11H5Cl2N3O5/c12-6-1-3-9(8(5-6)16(19)20)21-11-7(15(17)18)2-4-10(13)14-11/h1-5H. The van der Waals surface area contributed by atoms with E-state index in [1.807, 2.05) is 0 Å². The highest BCUT2D eigenvalue weighted by atomic mass is 35.5. The zero-order valence-electron chi connectivity index (χ0n) is 10.0. The Morgan fingerprint density at radius 3 is 2.29 bits per heavy atom. The fourth-order valence-corrected chi connectivity index (χ4v) is 1.75. The zero-order chi connectivity index (χ0) is 15.6. The van der Waals surface area contributed by atoms with Gasteiger partial charge >= 0.3 is 17.3 Å². The van der Waals surface area contributed by atoms with Crippen LogP contribution >= 0.6 is 23.2 Å². The van der Waals surface area contributed by atoms with Crippen molar-refractivity contribution in [2.24, 2.45) is 0 Å². The molecule has 8 nitrogen and oxygen atoms in total. The quantitative estimate of drug-likeness (QED) is 0.476. The summed E-state index contributed by atoms with van der Waals surface area (Å²) in [5.41, 5.74) is -0.915. The highest BCUT2D eigenvalue weighted by Gasteiger charge is 2.23. The number of hydrogen-bond acceptors (Lipinski definition) is 6. The molecule has 0 bridgehead atoms. The molecule has 21 heavy (non-hydrogen) atoms. The minimum atomic E-state index is -0.736. The summed E-state index contributed by atoms with van der Waals surface area (Å²) in [7, 11) is 0. The fourth-order valence-electron chi connectivity index (χ4n) is 1.45. The number of halogens is 2. The number of aromatic nitrogens is 1. The summed E-state index contributed by atoms with van der Waals surface area (Å²) in [6.07, 6.45) is 0.